The molecule has 1 aromatic rings. The third-order valence-electron chi connectivity index (χ3n) is 1.91. The Labute approximate surface area is 76.1 Å². The summed E-state index contributed by atoms with van der Waals surface area (Å²) in [6.45, 7) is 7.94. The molecular weight excluding hydrogens is 200 g/mol. The third kappa shape index (κ3) is 1.54. The van der Waals surface area contributed by atoms with Gasteiger partial charge in [0, 0.05) is 4.47 Å². The van der Waals surface area contributed by atoms with Gasteiger partial charge in [0.25, 0.3) is 0 Å². The lowest BCUT2D eigenvalue weighted by Crippen LogP contribution is -1.84. The molecule has 0 aliphatic rings. The minimum atomic E-state index is 1.16. The molecule has 1 rings (SSSR count). The lowest BCUT2D eigenvalue weighted by molar-refractivity contribution is 1.31. The molecular formula is C10H11Br. The van der Waals surface area contributed by atoms with Crippen molar-refractivity contribution in [2.45, 2.75) is 13.8 Å². The minimum absolute atomic E-state index is 1.16. The van der Waals surface area contributed by atoms with Gasteiger partial charge in [0.15, 0.2) is 0 Å². The molecule has 0 amide bonds. The number of hydrogen-bond acceptors (Lipinski definition) is 0. The Bertz CT molecular complexity index is 287. The Morgan fingerprint density at radius 2 is 2.00 bits per heavy atom. The van der Waals surface area contributed by atoms with E-state index >= 15 is 0 Å². The van der Waals surface area contributed by atoms with E-state index in [1.165, 1.54) is 11.1 Å². The quantitative estimate of drug-likeness (QED) is 0.664. The summed E-state index contributed by atoms with van der Waals surface area (Å²) in [5.41, 5.74) is 3.76. The highest BCUT2D eigenvalue weighted by molar-refractivity contribution is 9.10. The Hall–Kier alpha value is -0.560. The zero-order valence-electron chi connectivity index (χ0n) is 6.82. The van der Waals surface area contributed by atoms with Gasteiger partial charge in [0.2, 0.25) is 0 Å². The van der Waals surface area contributed by atoms with Crippen molar-refractivity contribution in [1.29, 1.82) is 0 Å². The van der Waals surface area contributed by atoms with Gasteiger partial charge in [-0.3, -0.25) is 0 Å². The average molecular weight is 211 g/mol. The molecule has 0 saturated carbocycles. The van der Waals surface area contributed by atoms with Crippen LogP contribution in [0.25, 0.3) is 6.08 Å². The fourth-order valence-corrected chi connectivity index (χ4v) is 1.57. The van der Waals surface area contributed by atoms with Crippen molar-refractivity contribution in [2.24, 2.45) is 0 Å². The molecule has 0 aliphatic heterocycles. The second-order valence-corrected chi connectivity index (χ2v) is 3.41. The molecule has 0 nitrogen and oxygen atoms in total. The molecule has 0 unspecified atom stereocenters. The molecule has 0 radical (unpaired) electrons. The fourth-order valence-electron chi connectivity index (χ4n) is 0.960. The van der Waals surface area contributed by atoms with Crippen LogP contribution in [-0.4, -0.2) is 0 Å². The first-order chi connectivity index (χ1) is 5.16. The number of benzene rings is 1. The Balaban J connectivity index is 3.36. The first kappa shape index (κ1) is 8.54. The first-order valence-electron chi connectivity index (χ1n) is 3.55. The van der Waals surface area contributed by atoms with E-state index in [4.69, 9.17) is 0 Å². The highest BCUT2D eigenvalue weighted by Gasteiger charge is 2.00. The summed E-state index contributed by atoms with van der Waals surface area (Å²) < 4.78 is 1.16. The number of hydrogen-bond donors (Lipinski definition) is 0. The van der Waals surface area contributed by atoms with Crippen molar-refractivity contribution < 1.29 is 0 Å². The second-order valence-electron chi connectivity index (χ2n) is 2.61. The van der Waals surface area contributed by atoms with Crippen LogP contribution in [0.4, 0.5) is 0 Å². The van der Waals surface area contributed by atoms with Crippen molar-refractivity contribution in [3.8, 4) is 0 Å². The molecule has 0 spiro atoms. The summed E-state index contributed by atoms with van der Waals surface area (Å²) in [5.74, 6) is 0. The van der Waals surface area contributed by atoms with Crippen LogP contribution in [-0.2, 0) is 0 Å². The first-order valence-corrected chi connectivity index (χ1v) is 4.34. The summed E-state index contributed by atoms with van der Waals surface area (Å²) in [6, 6.07) is 4.18. The van der Waals surface area contributed by atoms with Gasteiger partial charge in [0.05, 0.1) is 0 Å². The summed E-state index contributed by atoms with van der Waals surface area (Å²) in [5, 5.41) is 0. The smallest absolute Gasteiger partial charge is 0.0279 e. The van der Waals surface area contributed by atoms with Crippen molar-refractivity contribution in [2.75, 3.05) is 0 Å². The van der Waals surface area contributed by atoms with E-state index in [9.17, 15) is 0 Å². The summed E-state index contributed by atoms with van der Waals surface area (Å²) in [6.07, 6.45) is 1.86. The zero-order chi connectivity index (χ0) is 8.43. The van der Waals surface area contributed by atoms with Crippen LogP contribution in [0.3, 0.4) is 0 Å². The molecule has 0 heterocycles. The SMILES string of the molecule is C=Cc1ccc(C)c(C)c1Br. The molecule has 1 heteroatoms. The van der Waals surface area contributed by atoms with Crippen LogP contribution in [0.5, 0.6) is 0 Å². The maximum atomic E-state index is 3.73. The predicted molar refractivity (Wildman–Crippen MR) is 53.7 cm³/mol. The van der Waals surface area contributed by atoms with E-state index in [1.54, 1.807) is 0 Å². The van der Waals surface area contributed by atoms with Gasteiger partial charge < -0.3 is 0 Å². The van der Waals surface area contributed by atoms with Gasteiger partial charge in [-0.1, -0.05) is 24.8 Å². The maximum Gasteiger partial charge on any atom is 0.0279 e. The van der Waals surface area contributed by atoms with Gasteiger partial charge in [-0.2, -0.15) is 0 Å². The van der Waals surface area contributed by atoms with E-state index in [-0.39, 0.29) is 0 Å². The molecule has 0 aromatic heterocycles. The average Bonchev–Trinajstić information content (AvgIpc) is 2.01. The molecule has 58 valence electrons. The topological polar surface area (TPSA) is 0 Å². The van der Waals surface area contributed by atoms with Crippen LogP contribution in [0.2, 0.25) is 0 Å². The normalized spacial score (nSPS) is 9.73. The van der Waals surface area contributed by atoms with E-state index in [2.05, 4.69) is 48.5 Å². The monoisotopic (exact) mass is 210 g/mol. The summed E-state index contributed by atoms with van der Waals surface area (Å²) in [7, 11) is 0. The van der Waals surface area contributed by atoms with Gasteiger partial charge in [-0.05, 0) is 46.5 Å². The van der Waals surface area contributed by atoms with Gasteiger partial charge >= 0.3 is 0 Å². The lowest BCUT2D eigenvalue weighted by Gasteiger charge is -2.05. The molecule has 0 saturated heterocycles. The second kappa shape index (κ2) is 3.22. The summed E-state index contributed by atoms with van der Waals surface area (Å²) >= 11 is 3.52. The molecule has 0 aliphatic carbocycles. The maximum absolute atomic E-state index is 3.73. The largest absolute Gasteiger partial charge is 0.0984 e. The Morgan fingerprint density at radius 3 is 2.55 bits per heavy atom. The third-order valence-corrected chi connectivity index (χ3v) is 2.96. The highest BCUT2D eigenvalue weighted by atomic mass is 79.9. The Morgan fingerprint density at radius 1 is 1.36 bits per heavy atom. The highest BCUT2D eigenvalue weighted by Crippen LogP contribution is 2.24. The number of halogens is 1. The number of rotatable bonds is 1. The van der Waals surface area contributed by atoms with E-state index in [1.807, 2.05) is 6.08 Å². The van der Waals surface area contributed by atoms with E-state index < -0.39 is 0 Å². The molecule has 1 aromatic carbocycles. The molecule has 0 atom stereocenters. The van der Waals surface area contributed by atoms with E-state index in [0.29, 0.717) is 0 Å². The standard InChI is InChI=1S/C10H11Br/c1-4-9-6-5-7(2)8(3)10(9)11/h4-6H,1H2,2-3H3. The summed E-state index contributed by atoms with van der Waals surface area (Å²) in [4.78, 5) is 0. The van der Waals surface area contributed by atoms with Gasteiger partial charge in [-0.15, -0.1) is 0 Å². The van der Waals surface area contributed by atoms with Crippen LogP contribution in [0, 0.1) is 13.8 Å². The predicted octanol–water partition coefficient (Wildman–Crippen LogP) is 3.71. The lowest BCUT2D eigenvalue weighted by atomic mass is 10.1. The van der Waals surface area contributed by atoms with Gasteiger partial charge in [0.1, 0.15) is 0 Å². The van der Waals surface area contributed by atoms with E-state index in [0.717, 1.165) is 10.0 Å². The van der Waals surface area contributed by atoms with Crippen molar-refractivity contribution >= 4 is 22.0 Å². The van der Waals surface area contributed by atoms with Crippen LogP contribution in [0.1, 0.15) is 16.7 Å². The van der Waals surface area contributed by atoms with Crippen LogP contribution >= 0.6 is 15.9 Å². The van der Waals surface area contributed by atoms with Crippen LogP contribution < -0.4 is 0 Å². The van der Waals surface area contributed by atoms with Crippen LogP contribution in [0.15, 0.2) is 23.2 Å². The fraction of sp³-hybridized carbons (Fsp3) is 0.200. The van der Waals surface area contributed by atoms with Crippen molar-refractivity contribution in [1.82, 2.24) is 0 Å². The molecule has 0 fully saturated rings. The molecule has 0 bridgehead atoms. The van der Waals surface area contributed by atoms with Gasteiger partial charge in [-0.25, -0.2) is 0 Å². The number of aryl methyl sites for hydroxylation is 1. The van der Waals surface area contributed by atoms with Crippen molar-refractivity contribution in [3.05, 3.63) is 39.9 Å². The minimum Gasteiger partial charge on any atom is -0.0984 e. The Kier molecular flexibility index (Phi) is 2.50. The molecule has 11 heavy (non-hydrogen) atoms. The molecule has 0 N–H and O–H groups in total. The zero-order valence-corrected chi connectivity index (χ0v) is 8.40. The van der Waals surface area contributed by atoms with Crippen molar-refractivity contribution in [3.63, 3.8) is 0 Å².